The first-order chi connectivity index (χ1) is 9.95. The van der Waals surface area contributed by atoms with Gasteiger partial charge in [-0.15, -0.1) is 11.3 Å². The summed E-state index contributed by atoms with van der Waals surface area (Å²) in [5.41, 5.74) is 1.01. The lowest BCUT2D eigenvalue weighted by Crippen LogP contribution is -2.02. The molecule has 0 saturated carbocycles. The second-order valence-corrected chi connectivity index (χ2v) is 7.64. The van der Waals surface area contributed by atoms with Crippen molar-refractivity contribution in [1.29, 1.82) is 0 Å². The highest BCUT2D eigenvalue weighted by Gasteiger charge is 2.17. The zero-order valence-electron chi connectivity index (χ0n) is 10.6. The Kier molecular flexibility index (Phi) is 3.30. The molecule has 2 aromatic heterocycles. The van der Waals surface area contributed by atoms with E-state index < -0.39 is 15.8 Å². The molecule has 0 fully saturated rings. The predicted octanol–water partition coefficient (Wildman–Crippen LogP) is 3.17. The fourth-order valence-electron chi connectivity index (χ4n) is 2.02. The van der Waals surface area contributed by atoms with Gasteiger partial charge in [0.1, 0.15) is 9.79 Å². The fraction of sp³-hybridized carbons (Fsp3) is 0.0714. The van der Waals surface area contributed by atoms with E-state index in [-0.39, 0.29) is 11.5 Å². The molecule has 7 heteroatoms. The van der Waals surface area contributed by atoms with Crippen LogP contribution in [0.5, 0.6) is 0 Å². The van der Waals surface area contributed by atoms with Crippen molar-refractivity contribution in [2.75, 3.05) is 0 Å². The van der Waals surface area contributed by atoms with Gasteiger partial charge in [-0.25, -0.2) is 13.2 Å². The van der Waals surface area contributed by atoms with Crippen LogP contribution in [0, 0.1) is 0 Å². The normalized spacial score (nSPS) is 11.8. The Hall–Kier alpha value is -2.12. The van der Waals surface area contributed by atoms with Crippen LogP contribution in [0.25, 0.3) is 11.0 Å². The number of sulfone groups is 1. The van der Waals surface area contributed by atoms with Gasteiger partial charge in [-0.3, -0.25) is 0 Å². The Bertz CT molecular complexity index is 904. The van der Waals surface area contributed by atoms with Crippen LogP contribution in [0.1, 0.15) is 16.1 Å². The van der Waals surface area contributed by atoms with E-state index in [1.54, 1.807) is 35.7 Å². The molecule has 5 nitrogen and oxygen atoms in total. The molecule has 2 heterocycles. The summed E-state index contributed by atoms with van der Waals surface area (Å²) in [4.78, 5) is 10.9. The molecule has 0 amide bonds. The molecule has 0 bridgehead atoms. The number of furan rings is 1. The lowest BCUT2D eigenvalue weighted by Gasteiger charge is -2.02. The molecule has 3 aromatic rings. The Morgan fingerprint density at radius 3 is 2.71 bits per heavy atom. The van der Waals surface area contributed by atoms with E-state index >= 15 is 0 Å². The Morgan fingerprint density at radius 2 is 2.05 bits per heavy atom. The molecule has 3 rings (SSSR count). The Labute approximate surface area is 124 Å². The number of hydrogen-bond acceptors (Lipinski definition) is 5. The molecule has 0 atom stereocenters. The third-order valence-corrected chi connectivity index (χ3v) is 6.12. The minimum Gasteiger partial charge on any atom is -0.475 e. The first-order valence-corrected chi connectivity index (χ1v) is 8.51. The second kappa shape index (κ2) is 5.01. The van der Waals surface area contributed by atoms with Crippen molar-refractivity contribution in [3.8, 4) is 0 Å². The maximum absolute atomic E-state index is 12.2. The number of carboxylic acid groups (broad SMARTS) is 1. The lowest BCUT2D eigenvalue weighted by atomic mass is 10.2. The monoisotopic (exact) mass is 322 g/mol. The molecule has 0 unspecified atom stereocenters. The molecule has 0 aliphatic rings. The number of carboxylic acids is 1. The van der Waals surface area contributed by atoms with Crippen molar-refractivity contribution >= 4 is 38.1 Å². The number of thiophene rings is 1. The lowest BCUT2D eigenvalue weighted by molar-refractivity contribution is 0.0665. The third-order valence-electron chi connectivity index (χ3n) is 2.95. The van der Waals surface area contributed by atoms with Gasteiger partial charge in [0, 0.05) is 5.39 Å². The van der Waals surface area contributed by atoms with Crippen LogP contribution in [0.15, 0.2) is 50.4 Å². The largest absolute Gasteiger partial charge is 0.475 e. The molecule has 0 aliphatic carbocycles. The van der Waals surface area contributed by atoms with Crippen molar-refractivity contribution in [3.05, 3.63) is 53.1 Å². The molecule has 1 N–H and O–H groups in total. The van der Waals surface area contributed by atoms with E-state index in [0.29, 0.717) is 20.7 Å². The molecule has 0 radical (unpaired) electrons. The maximum Gasteiger partial charge on any atom is 0.371 e. The van der Waals surface area contributed by atoms with Crippen molar-refractivity contribution in [2.24, 2.45) is 0 Å². The average molecular weight is 322 g/mol. The summed E-state index contributed by atoms with van der Waals surface area (Å²) in [5.74, 6) is -1.45. The first kappa shape index (κ1) is 13.8. The van der Waals surface area contributed by atoms with Crippen molar-refractivity contribution in [1.82, 2.24) is 0 Å². The van der Waals surface area contributed by atoms with Crippen molar-refractivity contribution < 1.29 is 22.7 Å². The molecule has 0 spiro atoms. The standard InChI is InChI=1S/C14H10O5S2/c15-14(16)12-7-10-6-9(3-4-11(10)19-12)8-21(17,18)13-2-1-5-20-13/h1-7H,8H2,(H,15,16). The Balaban J connectivity index is 1.96. The number of carbonyl (C=O) groups is 1. The number of aromatic carboxylic acids is 1. The topological polar surface area (TPSA) is 84.6 Å². The zero-order chi connectivity index (χ0) is 15.0. The van der Waals surface area contributed by atoms with E-state index in [4.69, 9.17) is 9.52 Å². The maximum atomic E-state index is 12.2. The summed E-state index contributed by atoms with van der Waals surface area (Å²) in [7, 11) is -3.38. The van der Waals surface area contributed by atoms with Gasteiger partial charge in [-0.05, 0) is 35.2 Å². The summed E-state index contributed by atoms with van der Waals surface area (Å²) in [6, 6.07) is 9.49. The summed E-state index contributed by atoms with van der Waals surface area (Å²) < 4.78 is 29.9. The summed E-state index contributed by atoms with van der Waals surface area (Å²) >= 11 is 1.18. The van der Waals surface area contributed by atoms with Gasteiger partial charge in [0.15, 0.2) is 9.84 Å². The number of benzene rings is 1. The van der Waals surface area contributed by atoms with Gasteiger partial charge in [-0.1, -0.05) is 12.1 Å². The minimum absolute atomic E-state index is 0.128. The molecular weight excluding hydrogens is 312 g/mol. The SMILES string of the molecule is O=C(O)c1cc2cc(CS(=O)(=O)c3cccs3)ccc2o1. The van der Waals surface area contributed by atoms with Crippen LogP contribution in [0.4, 0.5) is 0 Å². The van der Waals surface area contributed by atoms with Gasteiger partial charge in [-0.2, -0.15) is 0 Å². The molecule has 21 heavy (non-hydrogen) atoms. The minimum atomic E-state index is -3.38. The van der Waals surface area contributed by atoms with Crippen molar-refractivity contribution in [2.45, 2.75) is 9.96 Å². The third kappa shape index (κ3) is 2.70. The first-order valence-electron chi connectivity index (χ1n) is 5.98. The van der Waals surface area contributed by atoms with Gasteiger partial charge in [0.05, 0.1) is 5.75 Å². The second-order valence-electron chi connectivity index (χ2n) is 4.48. The zero-order valence-corrected chi connectivity index (χ0v) is 12.3. The highest BCUT2D eigenvalue weighted by atomic mass is 32.2. The average Bonchev–Trinajstić information content (AvgIpc) is 3.07. The van der Waals surface area contributed by atoms with E-state index in [0.717, 1.165) is 0 Å². The molecule has 0 aliphatic heterocycles. The van der Waals surface area contributed by atoms with Gasteiger partial charge >= 0.3 is 5.97 Å². The van der Waals surface area contributed by atoms with E-state index in [2.05, 4.69) is 0 Å². The van der Waals surface area contributed by atoms with E-state index in [1.807, 2.05) is 0 Å². The van der Waals surface area contributed by atoms with Crippen LogP contribution in [0.2, 0.25) is 0 Å². The highest BCUT2D eigenvalue weighted by molar-refractivity contribution is 7.92. The van der Waals surface area contributed by atoms with Crippen LogP contribution < -0.4 is 0 Å². The summed E-state index contributed by atoms with van der Waals surface area (Å²) in [6.07, 6.45) is 0. The van der Waals surface area contributed by atoms with Crippen LogP contribution >= 0.6 is 11.3 Å². The smallest absolute Gasteiger partial charge is 0.371 e. The quantitative estimate of drug-likeness (QED) is 0.797. The molecule has 1 aromatic carbocycles. The fourth-order valence-corrected chi connectivity index (χ4v) is 4.44. The van der Waals surface area contributed by atoms with E-state index in [9.17, 15) is 13.2 Å². The predicted molar refractivity (Wildman–Crippen MR) is 78.4 cm³/mol. The van der Waals surface area contributed by atoms with Crippen LogP contribution in [-0.2, 0) is 15.6 Å². The highest BCUT2D eigenvalue weighted by Crippen LogP contribution is 2.25. The van der Waals surface area contributed by atoms with Crippen LogP contribution in [0.3, 0.4) is 0 Å². The molecular formula is C14H10O5S2. The summed E-state index contributed by atoms with van der Waals surface area (Å²) in [5, 5.41) is 11.2. The van der Waals surface area contributed by atoms with Gasteiger partial charge < -0.3 is 9.52 Å². The molecule has 108 valence electrons. The van der Waals surface area contributed by atoms with Crippen molar-refractivity contribution in [3.63, 3.8) is 0 Å². The molecule has 0 saturated heterocycles. The number of hydrogen-bond donors (Lipinski definition) is 1. The van der Waals surface area contributed by atoms with Crippen LogP contribution in [-0.4, -0.2) is 19.5 Å². The van der Waals surface area contributed by atoms with E-state index in [1.165, 1.54) is 17.4 Å². The Morgan fingerprint density at radius 1 is 1.24 bits per heavy atom. The number of rotatable bonds is 4. The van der Waals surface area contributed by atoms with Gasteiger partial charge in [0.2, 0.25) is 5.76 Å². The number of fused-ring (bicyclic) bond motifs is 1. The summed E-state index contributed by atoms with van der Waals surface area (Å²) in [6.45, 7) is 0. The van der Waals surface area contributed by atoms with Gasteiger partial charge in [0.25, 0.3) is 0 Å².